The molecule has 1 aromatic rings. The highest BCUT2D eigenvalue weighted by Gasteiger charge is 2.18. The number of anilines is 1. The number of thioether (sulfide) groups is 1. The van der Waals surface area contributed by atoms with Crippen molar-refractivity contribution in [1.29, 1.82) is 0 Å². The molecule has 2 amide bonds. The number of halogens is 1. The van der Waals surface area contributed by atoms with Crippen LogP contribution >= 0.6 is 23.4 Å². The third-order valence-electron chi connectivity index (χ3n) is 2.84. The zero-order chi connectivity index (χ0) is 13.7. The van der Waals surface area contributed by atoms with Gasteiger partial charge in [-0.2, -0.15) is 4.99 Å². The number of nitrogens with zero attached hydrogens (tertiary/aromatic N) is 2. The second kappa shape index (κ2) is 6.82. The number of hydrogen-bond acceptors (Lipinski definition) is 2. The van der Waals surface area contributed by atoms with Crippen LogP contribution in [0.15, 0.2) is 29.3 Å². The number of amidine groups is 1. The van der Waals surface area contributed by atoms with Gasteiger partial charge in [-0.3, -0.25) is 0 Å². The van der Waals surface area contributed by atoms with Crippen LogP contribution in [0, 0.1) is 0 Å². The van der Waals surface area contributed by atoms with E-state index in [0.717, 1.165) is 35.3 Å². The van der Waals surface area contributed by atoms with Crippen molar-refractivity contribution in [3.05, 3.63) is 29.8 Å². The van der Waals surface area contributed by atoms with Crippen LogP contribution in [-0.2, 0) is 5.88 Å². The molecule has 0 unspecified atom stereocenters. The summed E-state index contributed by atoms with van der Waals surface area (Å²) in [6.45, 7) is 3.88. The van der Waals surface area contributed by atoms with E-state index >= 15 is 0 Å². The highest BCUT2D eigenvalue weighted by molar-refractivity contribution is 8.14. The van der Waals surface area contributed by atoms with Gasteiger partial charge in [-0.25, -0.2) is 4.79 Å². The van der Waals surface area contributed by atoms with Crippen LogP contribution in [0.2, 0.25) is 0 Å². The predicted octanol–water partition coefficient (Wildman–Crippen LogP) is 3.38. The molecule has 0 aliphatic carbocycles. The SMILES string of the molecule is CCN1CCS/C1=N\C(=O)Nc1ccccc1CCl. The van der Waals surface area contributed by atoms with Gasteiger partial charge < -0.3 is 10.2 Å². The van der Waals surface area contributed by atoms with E-state index in [1.54, 1.807) is 11.8 Å². The summed E-state index contributed by atoms with van der Waals surface area (Å²) >= 11 is 7.44. The van der Waals surface area contributed by atoms with Gasteiger partial charge in [0.15, 0.2) is 5.17 Å². The van der Waals surface area contributed by atoms with Gasteiger partial charge in [0.1, 0.15) is 0 Å². The molecule has 1 aromatic carbocycles. The van der Waals surface area contributed by atoms with Crippen molar-refractivity contribution in [2.75, 3.05) is 24.2 Å². The summed E-state index contributed by atoms with van der Waals surface area (Å²) in [6, 6.07) is 7.13. The molecule has 1 N–H and O–H groups in total. The number of rotatable bonds is 3. The lowest BCUT2D eigenvalue weighted by Crippen LogP contribution is -2.25. The highest BCUT2D eigenvalue weighted by atomic mass is 35.5. The molecule has 102 valence electrons. The Labute approximate surface area is 122 Å². The van der Waals surface area contributed by atoms with Gasteiger partial charge in [0, 0.05) is 30.4 Å². The van der Waals surface area contributed by atoms with Crippen molar-refractivity contribution in [2.24, 2.45) is 4.99 Å². The average molecular weight is 298 g/mol. The first-order chi connectivity index (χ1) is 9.24. The Kier molecular flexibility index (Phi) is 5.10. The summed E-state index contributed by atoms with van der Waals surface area (Å²) in [7, 11) is 0. The third kappa shape index (κ3) is 3.64. The van der Waals surface area contributed by atoms with Crippen molar-refractivity contribution < 1.29 is 4.79 Å². The molecule has 4 nitrogen and oxygen atoms in total. The maximum atomic E-state index is 11.9. The monoisotopic (exact) mass is 297 g/mol. The molecule has 0 aromatic heterocycles. The molecular formula is C13H16ClN3OS. The van der Waals surface area contributed by atoms with Crippen molar-refractivity contribution in [2.45, 2.75) is 12.8 Å². The number of urea groups is 1. The molecule has 1 heterocycles. The molecule has 0 spiro atoms. The number of hydrogen-bond donors (Lipinski definition) is 1. The van der Waals surface area contributed by atoms with Crippen molar-refractivity contribution >= 4 is 40.2 Å². The van der Waals surface area contributed by atoms with Gasteiger partial charge in [0.2, 0.25) is 0 Å². The van der Waals surface area contributed by atoms with Gasteiger partial charge in [-0.1, -0.05) is 30.0 Å². The van der Waals surface area contributed by atoms with Crippen LogP contribution < -0.4 is 5.32 Å². The standard InChI is InChI=1S/C13H16ClN3OS/c1-2-17-7-8-19-13(17)16-12(18)15-11-6-4-3-5-10(11)9-14/h3-6H,2,7-9H2,1H3,(H,15,18)/b16-13-. The van der Waals surface area contributed by atoms with Crippen molar-refractivity contribution in [3.8, 4) is 0 Å². The van der Waals surface area contributed by atoms with Crippen LogP contribution in [0.1, 0.15) is 12.5 Å². The fraction of sp³-hybridized carbons (Fsp3) is 0.385. The first-order valence-corrected chi connectivity index (χ1v) is 7.68. The molecule has 19 heavy (non-hydrogen) atoms. The Morgan fingerprint density at radius 1 is 1.53 bits per heavy atom. The van der Waals surface area contributed by atoms with Gasteiger partial charge in [-0.05, 0) is 18.6 Å². The van der Waals surface area contributed by atoms with E-state index in [1.807, 2.05) is 24.3 Å². The first-order valence-electron chi connectivity index (χ1n) is 6.16. The van der Waals surface area contributed by atoms with E-state index in [4.69, 9.17) is 11.6 Å². The lowest BCUT2D eigenvalue weighted by molar-refractivity contribution is 0.259. The fourth-order valence-corrected chi connectivity index (χ4v) is 3.10. The largest absolute Gasteiger partial charge is 0.350 e. The van der Waals surface area contributed by atoms with Crippen LogP contribution in [0.25, 0.3) is 0 Å². The van der Waals surface area contributed by atoms with Gasteiger partial charge in [0.05, 0.1) is 0 Å². The van der Waals surface area contributed by atoms with Crippen molar-refractivity contribution in [3.63, 3.8) is 0 Å². The second-order valence-electron chi connectivity index (χ2n) is 4.04. The van der Waals surface area contributed by atoms with Gasteiger partial charge in [-0.15, -0.1) is 11.6 Å². The minimum absolute atomic E-state index is 0.347. The van der Waals surface area contributed by atoms with E-state index in [9.17, 15) is 4.79 Å². The summed E-state index contributed by atoms with van der Waals surface area (Å²) < 4.78 is 0. The fourth-order valence-electron chi connectivity index (χ4n) is 1.82. The lowest BCUT2D eigenvalue weighted by atomic mass is 10.2. The zero-order valence-electron chi connectivity index (χ0n) is 10.7. The number of alkyl halides is 1. The van der Waals surface area contributed by atoms with E-state index in [0.29, 0.717) is 5.88 Å². The van der Waals surface area contributed by atoms with Crippen LogP contribution in [0.4, 0.5) is 10.5 Å². The molecule has 0 radical (unpaired) electrons. The van der Waals surface area contributed by atoms with E-state index in [-0.39, 0.29) is 6.03 Å². The molecule has 1 saturated heterocycles. The molecular weight excluding hydrogens is 282 g/mol. The molecule has 0 saturated carbocycles. The van der Waals surface area contributed by atoms with E-state index in [1.165, 1.54) is 0 Å². The Bertz CT molecular complexity index is 493. The van der Waals surface area contributed by atoms with Gasteiger partial charge in [0.25, 0.3) is 0 Å². The maximum absolute atomic E-state index is 11.9. The summed E-state index contributed by atoms with van der Waals surface area (Å²) in [5.41, 5.74) is 1.61. The second-order valence-corrected chi connectivity index (χ2v) is 5.37. The summed E-state index contributed by atoms with van der Waals surface area (Å²) in [5, 5.41) is 3.58. The van der Waals surface area contributed by atoms with Gasteiger partial charge >= 0.3 is 6.03 Å². The normalized spacial score (nSPS) is 16.9. The number of nitrogens with one attached hydrogen (secondary N) is 1. The minimum Gasteiger partial charge on any atom is -0.350 e. The van der Waals surface area contributed by atoms with Crippen LogP contribution in [0.5, 0.6) is 0 Å². The topological polar surface area (TPSA) is 44.7 Å². The first kappa shape index (κ1) is 14.2. The number of carbonyl (C=O) groups excluding carboxylic acids is 1. The molecule has 0 bridgehead atoms. The number of benzene rings is 1. The Morgan fingerprint density at radius 3 is 3.05 bits per heavy atom. The minimum atomic E-state index is -0.347. The number of para-hydroxylation sites is 1. The zero-order valence-corrected chi connectivity index (χ0v) is 12.3. The molecule has 1 aliphatic rings. The summed E-state index contributed by atoms with van der Waals surface area (Å²) in [6.07, 6.45) is 0. The number of amides is 2. The number of carbonyl (C=O) groups is 1. The average Bonchev–Trinajstić information content (AvgIpc) is 2.86. The summed E-state index contributed by atoms with van der Waals surface area (Å²) in [4.78, 5) is 18.1. The Morgan fingerprint density at radius 2 is 2.32 bits per heavy atom. The smallest absolute Gasteiger partial charge is 0.347 e. The molecule has 2 rings (SSSR count). The van der Waals surface area contributed by atoms with E-state index in [2.05, 4.69) is 22.1 Å². The van der Waals surface area contributed by atoms with Crippen LogP contribution in [0.3, 0.4) is 0 Å². The maximum Gasteiger partial charge on any atom is 0.347 e. The quantitative estimate of drug-likeness (QED) is 0.870. The highest BCUT2D eigenvalue weighted by Crippen LogP contribution is 2.20. The lowest BCUT2D eigenvalue weighted by Gasteiger charge is -2.14. The van der Waals surface area contributed by atoms with E-state index < -0.39 is 0 Å². The molecule has 1 aliphatic heterocycles. The Hall–Kier alpha value is -1.20. The summed E-state index contributed by atoms with van der Waals surface area (Å²) in [5.74, 6) is 1.35. The predicted molar refractivity (Wildman–Crippen MR) is 82.2 cm³/mol. The third-order valence-corrected chi connectivity index (χ3v) is 4.13. The van der Waals surface area contributed by atoms with Crippen molar-refractivity contribution in [1.82, 2.24) is 4.90 Å². The number of aliphatic imine (C=N–C) groups is 1. The molecule has 6 heteroatoms. The molecule has 1 fully saturated rings. The Balaban J connectivity index is 2.07. The van der Waals surface area contributed by atoms with Crippen LogP contribution in [-0.4, -0.2) is 34.9 Å². The molecule has 0 atom stereocenters.